The molecule has 1 amide bonds. The molecule has 0 fully saturated rings. The molecule has 1 aromatic heterocycles. The number of carbonyl (C=O) groups is 1. The Bertz CT molecular complexity index is 1080. The van der Waals surface area contributed by atoms with Crippen LogP contribution in [-0.4, -0.2) is 14.3 Å². The van der Waals surface area contributed by atoms with Crippen molar-refractivity contribution in [1.29, 1.82) is 5.26 Å². The lowest BCUT2D eigenvalue weighted by Crippen LogP contribution is -2.12. The van der Waals surface area contributed by atoms with Crippen LogP contribution in [0.5, 0.6) is 0 Å². The number of carbonyl (C=O) groups excluding carboxylic acids is 1. The fourth-order valence-electron chi connectivity index (χ4n) is 2.40. The van der Waals surface area contributed by atoms with Crippen LogP contribution in [0.25, 0.3) is 0 Å². The largest absolute Gasteiger partial charge is 0.312 e. The maximum Gasteiger partial charge on any atom is 0.256 e. The Kier molecular flexibility index (Phi) is 5.16. The van der Waals surface area contributed by atoms with E-state index >= 15 is 0 Å². The third-order valence-corrected chi connectivity index (χ3v) is 6.19. The molecule has 130 valence electrons. The summed E-state index contributed by atoms with van der Waals surface area (Å²) in [5.74, 6) is -0.580. The van der Waals surface area contributed by atoms with Gasteiger partial charge >= 0.3 is 0 Å². The van der Waals surface area contributed by atoms with Crippen molar-refractivity contribution in [3.8, 4) is 6.07 Å². The number of rotatable bonds is 5. The lowest BCUT2D eigenvalue weighted by molar-refractivity contribution is 0.102. The number of benzene rings is 2. The number of hydrogen-bond acceptors (Lipinski definition) is 5. The number of nitrogens with one attached hydrogen (secondary N) is 1. The average molecular weight is 382 g/mol. The zero-order valence-electron chi connectivity index (χ0n) is 13.5. The minimum absolute atomic E-state index is 0.194. The normalized spacial score (nSPS) is 10.9. The molecular formula is C19H14N2O3S2. The van der Waals surface area contributed by atoms with Crippen LogP contribution in [0.15, 0.2) is 70.9 Å². The van der Waals surface area contributed by atoms with Gasteiger partial charge in [-0.3, -0.25) is 4.79 Å². The summed E-state index contributed by atoms with van der Waals surface area (Å²) in [5, 5.41) is 13.9. The van der Waals surface area contributed by atoms with Gasteiger partial charge in [-0.15, -0.1) is 11.3 Å². The highest BCUT2D eigenvalue weighted by atomic mass is 32.2. The van der Waals surface area contributed by atoms with E-state index in [0.717, 1.165) is 0 Å². The van der Waals surface area contributed by atoms with Crippen molar-refractivity contribution < 1.29 is 13.2 Å². The number of anilines is 1. The van der Waals surface area contributed by atoms with Gasteiger partial charge in [-0.2, -0.15) is 5.26 Å². The zero-order valence-corrected chi connectivity index (χ0v) is 15.2. The molecule has 7 heteroatoms. The van der Waals surface area contributed by atoms with Crippen molar-refractivity contribution in [3.05, 3.63) is 82.7 Å². The van der Waals surface area contributed by atoms with E-state index in [-0.39, 0.29) is 16.6 Å². The quantitative estimate of drug-likeness (QED) is 0.726. The predicted octanol–water partition coefficient (Wildman–Crippen LogP) is 3.85. The molecular weight excluding hydrogens is 368 g/mol. The van der Waals surface area contributed by atoms with Crippen LogP contribution in [0.1, 0.15) is 21.5 Å². The van der Waals surface area contributed by atoms with Crippen LogP contribution < -0.4 is 5.32 Å². The van der Waals surface area contributed by atoms with Gasteiger partial charge in [0.1, 0.15) is 11.1 Å². The van der Waals surface area contributed by atoms with Crippen molar-refractivity contribution in [1.82, 2.24) is 0 Å². The first-order valence-electron chi connectivity index (χ1n) is 7.65. The zero-order chi connectivity index (χ0) is 18.6. The van der Waals surface area contributed by atoms with Crippen LogP contribution >= 0.6 is 11.3 Å². The molecule has 0 unspecified atom stereocenters. The maximum atomic E-state index is 12.5. The van der Waals surface area contributed by atoms with Gasteiger partial charge in [0.15, 0.2) is 9.84 Å². The van der Waals surface area contributed by atoms with Crippen molar-refractivity contribution in [2.75, 3.05) is 5.32 Å². The summed E-state index contributed by atoms with van der Waals surface area (Å²) in [4.78, 5) is 12.6. The number of nitrogens with zero attached hydrogens (tertiary/aromatic N) is 1. The minimum atomic E-state index is -3.49. The van der Waals surface area contributed by atoms with Gasteiger partial charge < -0.3 is 5.32 Å². The molecule has 0 saturated heterocycles. The molecule has 0 radical (unpaired) electrons. The van der Waals surface area contributed by atoms with Gasteiger partial charge in [0.05, 0.1) is 16.2 Å². The van der Waals surface area contributed by atoms with Gasteiger partial charge in [-0.25, -0.2) is 8.42 Å². The Hall–Kier alpha value is -2.95. The Labute approximate surface area is 155 Å². The Morgan fingerprint density at radius 3 is 2.58 bits per heavy atom. The lowest BCUT2D eigenvalue weighted by atomic mass is 10.1. The topological polar surface area (TPSA) is 87.0 Å². The van der Waals surface area contributed by atoms with E-state index in [4.69, 9.17) is 5.26 Å². The highest BCUT2D eigenvalue weighted by molar-refractivity contribution is 7.90. The molecule has 5 nitrogen and oxygen atoms in total. The van der Waals surface area contributed by atoms with Crippen LogP contribution in [0.3, 0.4) is 0 Å². The second kappa shape index (κ2) is 7.52. The summed E-state index contributed by atoms with van der Waals surface area (Å²) < 4.78 is 25.0. The van der Waals surface area contributed by atoms with E-state index in [2.05, 4.69) is 5.32 Å². The van der Waals surface area contributed by atoms with E-state index in [9.17, 15) is 13.2 Å². The Morgan fingerprint density at radius 1 is 1.08 bits per heavy atom. The number of sulfone groups is 1. The summed E-state index contributed by atoms with van der Waals surface area (Å²) in [6.45, 7) is 0. The van der Waals surface area contributed by atoms with E-state index in [0.29, 0.717) is 21.7 Å². The fourth-order valence-corrected chi connectivity index (χ4v) is 4.49. The summed E-state index contributed by atoms with van der Waals surface area (Å²) >= 11 is 1.26. The molecule has 0 atom stereocenters. The molecule has 0 bridgehead atoms. The van der Waals surface area contributed by atoms with E-state index in [1.807, 2.05) is 6.07 Å². The highest BCUT2D eigenvalue weighted by Gasteiger charge is 2.16. The van der Waals surface area contributed by atoms with Gasteiger partial charge in [-0.1, -0.05) is 30.3 Å². The van der Waals surface area contributed by atoms with Crippen LogP contribution in [0, 0.1) is 11.3 Å². The first-order chi connectivity index (χ1) is 12.5. The number of thiophene rings is 1. The van der Waals surface area contributed by atoms with Crippen LogP contribution in [-0.2, 0) is 15.6 Å². The first kappa shape index (κ1) is 17.9. The fraction of sp³-hybridized carbons (Fsp3) is 0.0526. The Morgan fingerprint density at radius 2 is 1.85 bits per heavy atom. The summed E-state index contributed by atoms with van der Waals surface area (Å²) in [6.07, 6.45) is 0. The number of nitriles is 1. The molecule has 26 heavy (non-hydrogen) atoms. The van der Waals surface area contributed by atoms with Gasteiger partial charge in [0.2, 0.25) is 0 Å². The summed E-state index contributed by atoms with van der Waals surface area (Å²) in [5.41, 5.74) is 1.25. The molecule has 0 spiro atoms. The van der Waals surface area contributed by atoms with Crippen LogP contribution in [0.2, 0.25) is 0 Å². The average Bonchev–Trinajstić information content (AvgIpc) is 3.09. The van der Waals surface area contributed by atoms with Gasteiger partial charge in [0, 0.05) is 5.56 Å². The van der Waals surface area contributed by atoms with Crippen molar-refractivity contribution in [3.63, 3.8) is 0 Å². The predicted molar refractivity (Wildman–Crippen MR) is 101 cm³/mol. The third-order valence-electron chi connectivity index (χ3n) is 3.66. The van der Waals surface area contributed by atoms with Crippen LogP contribution in [0.4, 0.5) is 5.00 Å². The standard InChI is InChI=1S/C19H14N2O3S2/c20-12-16-9-10-25-19(16)21-18(22)15-6-4-5-14(11-15)13-26(23,24)17-7-2-1-3-8-17/h1-11H,13H2,(H,21,22). The van der Waals surface area contributed by atoms with E-state index < -0.39 is 9.84 Å². The maximum absolute atomic E-state index is 12.5. The highest BCUT2D eigenvalue weighted by Crippen LogP contribution is 2.23. The molecule has 2 aromatic carbocycles. The number of amides is 1. The van der Waals surface area contributed by atoms with Crippen molar-refractivity contribution in [2.45, 2.75) is 10.6 Å². The minimum Gasteiger partial charge on any atom is -0.312 e. The second-order valence-corrected chi connectivity index (χ2v) is 8.41. The smallest absolute Gasteiger partial charge is 0.256 e. The Balaban J connectivity index is 1.80. The molecule has 1 heterocycles. The molecule has 3 rings (SSSR count). The first-order valence-corrected chi connectivity index (χ1v) is 10.2. The van der Waals surface area contributed by atoms with Crippen molar-refractivity contribution >= 4 is 32.1 Å². The molecule has 1 N–H and O–H groups in total. The number of hydrogen-bond donors (Lipinski definition) is 1. The summed E-state index contributed by atoms with van der Waals surface area (Å²) in [6, 6.07) is 18.3. The monoisotopic (exact) mass is 382 g/mol. The lowest BCUT2D eigenvalue weighted by Gasteiger charge is -2.07. The van der Waals surface area contributed by atoms with Crippen molar-refractivity contribution in [2.24, 2.45) is 0 Å². The molecule has 0 aliphatic rings. The SMILES string of the molecule is N#Cc1ccsc1NC(=O)c1cccc(CS(=O)(=O)c2ccccc2)c1. The van der Waals surface area contributed by atoms with Gasteiger partial charge in [-0.05, 0) is 41.3 Å². The second-order valence-electron chi connectivity index (χ2n) is 5.50. The third kappa shape index (κ3) is 3.99. The summed E-state index contributed by atoms with van der Waals surface area (Å²) in [7, 11) is -3.49. The van der Waals surface area contributed by atoms with Gasteiger partial charge in [0.25, 0.3) is 5.91 Å². The molecule has 0 aliphatic carbocycles. The molecule has 0 aliphatic heterocycles. The molecule has 3 aromatic rings. The molecule has 0 saturated carbocycles. The van der Waals surface area contributed by atoms with E-state index in [1.54, 1.807) is 66.0 Å². The van der Waals surface area contributed by atoms with E-state index in [1.165, 1.54) is 11.3 Å².